The molecule has 1 aromatic carbocycles. The van der Waals surface area contributed by atoms with Crippen molar-refractivity contribution < 1.29 is 9.90 Å². The number of thiophene rings is 1. The maximum Gasteiger partial charge on any atom is 0.242 e. The van der Waals surface area contributed by atoms with Gasteiger partial charge in [0.1, 0.15) is 5.75 Å². The number of carbonyl (C=O) groups is 1. The van der Waals surface area contributed by atoms with Crippen LogP contribution in [0, 0.1) is 0 Å². The van der Waals surface area contributed by atoms with E-state index in [-0.39, 0.29) is 17.7 Å². The number of carbonyl (C=O) groups excluding carboxylic acids is 1. The molecule has 0 spiro atoms. The second-order valence-corrected chi connectivity index (χ2v) is 5.84. The molecule has 3 rings (SSSR count). The molecule has 2 heterocycles. The van der Waals surface area contributed by atoms with Gasteiger partial charge in [0.25, 0.3) is 0 Å². The van der Waals surface area contributed by atoms with Crippen molar-refractivity contribution in [1.82, 2.24) is 5.01 Å². The predicted octanol–water partition coefficient (Wildman–Crippen LogP) is 3.54. The molecule has 1 aliphatic heterocycles. The Morgan fingerprint density at radius 1 is 1.38 bits per heavy atom. The summed E-state index contributed by atoms with van der Waals surface area (Å²) >= 11 is 1.61. The molecule has 1 aromatic heterocycles. The number of hydrogen-bond acceptors (Lipinski definition) is 4. The third-order valence-corrected chi connectivity index (χ3v) is 4.49. The van der Waals surface area contributed by atoms with Gasteiger partial charge in [0.2, 0.25) is 5.91 Å². The Kier molecular flexibility index (Phi) is 3.75. The second-order valence-electron chi connectivity index (χ2n) is 4.89. The molecule has 1 atom stereocenters. The highest BCUT2D eigenvalue weighted by Crippen LogP contribution is 2.37. The van der Waals surface area contributed by atoms with Crippen LogP contribution < -0.4 is 0 Å². The van der Waals surface area contributed by atoms with E-state index >= 15 is 0 Å². The molecule has 21 heavy (non-hydrogen) atoms. The Bertz CT molecular complexity index is 679. The molecular weight excluding hydrogens is 284 g/mol. The van der Waals surface area contributed by atoms with Crippen LogP contribution >= 0.6 is 11.3 Å². The number of hydrazone groups is 1. The standard InChI is InChI=1S/C16H16N2O2S/c1-2-16(20)18-13(11-6-3-4-7-14(11)19)10-12(17-18)15-8-5-9-21-15/h3-9,13,19H,2,10H2,1H3/t13-/m1/s1. The lowest BCUT2D eigenvalue weighted by atomic mass is 10.00. The van der Waals surface area contributed by atoms with Crippen LogP contribution in [-0.4, -0.2) is 21.7 Å². The Morgan fingerprint density at radius 3 is 2.86 bits per heavy atom. The lowest BCUT2D eigenvalue weighted by Gasteiger charge is -2.22. The number of hydrogen-bond donors (Lipinski definition) is 1. The minimum absolute atomic E-state index is 0.0326. The largest absolute Gasteiger partial charge is 0.508 e. The van der Waals surface area contributed by atoms with E-state index in [1.54, 1.807) is 23.5 Å². The molecule has 4 nitrogen and oxygen atoms in total. The molecule has 0 fully saturated rings. The van der Waals surface area contributed by atoms with Crippen molar-refractivity contribution >= 4 is 23.0 Å². The number of phenols is 1. The third-order valence-electron chi connectivity index (χ3n) is 3.57. The fraction of sp³-hybridized carbons (Fsp3) is 0.250. The maximum atomic E-state index is 12.2. The second kappa shape index (κ2) is 5.69. The summed E-state index contributed by atoms with van der Waals surface area (Å²) in [5.41, 5.74) is 1.65. The summed E-state index contributed by atoms with van der Waals surface area (Å²) in [4.78, 5) is 13.2. The van der Waals surface area contributed by atoms with E-state index in [2.05, 4.69) is 5.10 Å². The summed E-state index contributed by atoms with van der Waals surface area (Å²) in [5.74, 6) is 0.175. The van der Waals surface area contributed by atoms with E-state index in [0.29, 0.717) is 12.8 Å². The number of amides is 1. The molecule has 0 bridgehead atoms. The molecule has 1 N–H and O–H groups in total. The van der Waals surface area contributed by atoms with Crippen LogP contribution in [0.5, 0.6) is 5.75 Å². The summed E-state index contributed by atoms with van der Waals surface area (Å²) in [6.45, 7) is 1.82. The highest BCUT2D eigenvalue weighted by Gasteiger charge is 2.33. The molecule has 0 saturated carbocycles. The predicted molar refractivity (Wildman–Crippen MR) is 83.5 cm³/mol. The van der Waals surface area contributed by atoms with E-state index in [0.717, 1.165) is 16.2 Å². The van der Waals surface area contributed by atoms with Gasteiger partial charge in [0.05, 0.1) is 16.6 Å². The average Bonchev–Trinajstić information content (AvgIpc) is 3.16. The molecule has 5 heteroatoms. The Morgan fingerprint density at radius 2 is 2.19 bits per heavy atom. The van der Waals surface area contributed by atoms with E-state index in [1.165, 1.54) is 5.01 Å². The number of rotatable bonds is 3. The number of nitrogens with zero attached hydrogens (tertiary/aromatic N) is 2. The quantitative estimate of drug-likeness (QED) is 0.942. The number of phenolic OH excluding ortho intramolecular Hbond substituents is 1. The Balaban J connectivity index is 1.98. The zero-order valence-corrected chi connectivity index (χ0v) is 12.5. The van der Waals surface area contributed by atoms with Crippen LogP contribution in [0.3, 0.4) is 0 Å². The average molecular weight is 300 g/mol. The maximum absolute atomic E-state index is 12.2. The lowest BCUT2D eigenvalue weighted by Crippen LogP contribution is -2.26. The molecule has 0 saturated heterocycles. The van der Waals surface area contributed by atoms with Gasteiger partial charge in [-0.2, -0.15) is 5.10 Å². The topological polar surface area (TPSA) is 52.9 Å². The SMILES string of the molecule is CCC(=O)N1N=C(c2cccs2)C[C@@H]1c1ccccc1O. The van der Waals surface area contributed by atoms with Crippen LogP contribution in [0.4, 0.5) is 0 Å². The van der Waals surface area contributed by atoms with Gasteiger partial charge in [-0.05, 0) is 17.5 Å². The first kappa shape index (κ1) is 13.8. The van der Waals surface area contributed by atoms with Crippen molar-refractivity contribution in [2.75, 3.05) is 0 Å². The fourth-order valence-electron chi connectivity index (χ4n) is 2.51. The third kappa shape index (κ3) is 2.56. The molecule has 1 aliphatic rings. The van der Waals surface area contributed by atoms with Crippen molar-refractivity contribution in [3.8, 4) is 5.75 Å². The van der Waals surface area contributed by atoms with Crippen molar-refractivity contribution in [2.24, 2.45) is 5.10 Å². The normalized spacial score (nSPS) is 17.9. The zero-order valence-electron chi connectivity index (χ0n) is 11.7. The van der Waals surface area contributed by atoms with Crippen LogP contribution in [0.25, 0.3) is 0 Å². The van der Waals surface area contributed by atoms with Gasteiger partial charge in [-0.25, -0.2) is 5.01 Å². The highest BCUT2D eigenvalue weighted by atomic mass is 32.1. The minimum atomic E-state index is -0.226. The van der Waals surface area contributed by atoms with Crippen LogP contribution in [0.2, 0.25) is 0 Å². The summed E-state index contributed by atoms with van der Waals surface area (Å²) in [6, 6.07) is 10.9. The highest BCUT2D eigenvalue weighted by molar-refractivity contribution is 7.12. The first-order chi connectivity index (χ1) is 10.2. The lowest BCUT2D eigenvalue weighted by molar-refractivity contribution is -0.132. The molecule has 108 valence electrons. The molecule has 0 unspecified atom stereocenters. The summed E-state index contributed by atoms with van der Waals surface area (Å²) in [5, 5.41) is 18.1. The fourth-order valence-corrected chi connectivity index (χ4v) is 3.23. The van der Waals surface area contributed by atoms with E-state index < -0.39 is 0 Å². The Hall–Kier alpha value is -2.14. The van der Waals surface area contributed by atoms with Crippen molar-refractivity contribution in [1.29, 1.82) is 0 Å². The first-order valence-electron chi connectivity index (χ1n) is 6.92. The van der Waals surface area contributed by atoms with Crippen molar-refractivity contribution in [3.05, 3.63) is 52.2 Å². The van der Waals surface area contributed by atoms with Crippen LogP contribution in [0.15, 0.2) is 46.9 Å². The van der Waals surface area contributed by atoms with Gasteiger partial charge < -0.3 is 5.11 Å². The molecular formula is C16H16N2O2S. The summed E-state index contributed by atoms with van der Waals surface area (Å²) in [7, 11) is 0. The van der Waals surface area contributed by atoms with Crippen LogP contribution in [-0.2, 0) is 4.79 Å². The summed E-state index contributed by atoms with van der Waals surface area (Å²) in [6.07, 6.45) is 1.02. The van der Waals surface area contributed by atoms with Gasteiger partial charge in [0, 0.05) is 18.4 Å². The number of benzene rings is 1. The minimum Gasteiger partial charge on any atom is -0.508 e. The smallest absolute Gasteiger partial charge is 0.242 e. The van der Waals surface area contributed by atoms with Gasteiger partial charge >= 0.3 is 0 Å². The number of aromatic hydroxyl groups is 1. The number of para-hydroxylation sites is 1. The molecule has 0 aliphatic carbocycles. The van der Waals surface area contributed by atoms with Gasteiger partial charge in [-0.3, -0.25) is 4.79 Å². The monoisotopic (exact) mass is 300 g/mol. The van der Waals surface area contributed by atoms with Crippen molar-refractivity contribution in [2.45, 2.75) is 25.8 Å². The van der Waals surface area contributed by atoms with Crippen molar-refractivity contribution in [3.63, 3.8) is 0 Å². The van der Waals surface area contributed by atoms with Gasteiger partial charge in [0.15, 0.2) is 0 Å². The van der Waals surface area contributed by atoms with Crippen LogP contribution in [0.1, 0.15) is 36.2 Å². The van der Waals surface area contributed by atoms with E-state index in [1.807, 2.05) is 36.6 Å². The summed E-state index contributed by atoms with van der Waals surface area (Å²) < 4.78 is 0. The van der Waals surface area contributed by atoms with E-state index in [9.17, 15) is 9.90 Å². The first-order valence-corrected chi connectivity index (χ1v) is 7.80. The van der Waals surface area contributed by atoms with Gasteiger partial charge in [-0.15, -0.1) is 11.3 Å². The Labute approximate surface area is 127 Å². The van der Waals surface area contributed by atoms with E-state index in [4.69, 9.17) is 0 Å². The molecule has 0 radical (unpaired) electrons. The molecule has 1 amide bonds. The molecule has 2 aromatic rings. The van der Waals surface area contributed by atoms with Gasteiger partial charge in [-0.1, -0.05) is 31.2 Å². The zero-order chi connectivity index (χ0) is 14.8.